The van der Waals surface area contributed by atoms with E-state index in [1.165, 1.54) is 10.5 Å². The Labute approximate surface area is 160 Å². The lowest BCUT2D eigenvalue weighted by Gasteiger charge is -2.37. The predicted octanol–water partition coefficient (Wildman–Crippen LogP) is 5.08. The lowest BCUT2D eigenvalue weighted by Crippen LogP contribution is -2.38. The average Bonchev–Trinajstić information content (AvgIpc) is 2.61. The number of likely N-dealkylation sites (tertiary alicyclic amines) is 1. The molecular formula is C20H25ClFNOS. The summed E-state index contributed by atoms with van der Waals surface area (Å²) in [5.41, 5.74) is 1.27. The van der Waals surface area contributed by atoms with Gasteiger partial charge in [-0.1, -0.05) is 12.1 Å². The van der Waals surface area contributed by atoms with E-state index in [1.807, 2.05) is 36.0 Å². The maximum Gasteiger partial charge on any atom is 0.123 e. The molecule has 0 bridgehead atoms. The third kappa shape index (κ3) is 5.37. The summed E-state index contributed by atoms with van der Waals surface area (Å²) >= 11 is 1.89. The summed E-state index contributed by atoms with van der Waals surface area (Å²) in [5.74, 6) is 2.88. The van der Waals surface area contributed by atoms with E-state index in [1.54, 1.807) is 19.2 Å². The molecule has 136 valence electrons. The number of hydrogen-bond donors (Lipinski definition) is 0. The standard InChI is InChI=1S/C20H24FNOS.ClH/c1-22-12-11-20(15-3-5-17(21)6-4-15)16(13-22)14-24-19-9-7-18(23-2)8-10-19;/h3-10,16,20H,11-14H2,1-2H3;1H. The molecule has 2 nitrogen and oxygen atoms in total. The number of rotatable bonds is 5. The van der Waals surface area contributed by atoms with Crippen LogP contribution in [0.5, 0.6) is 5.75 Å². The summed E-state index contributed by atoms with van der Waals surface area (Å²) in [6.07, 6.45) is 1.13. The second kappa shape index (κ2) is 9.46. The molecule has 2 aromatic rings. The van der Waals surface area contributed by atoms with Crippen LogP contribution >= 0.6 is 24.2 Å². The second-order valence-corrected chi connectivity index (χ2v) is 7.55. The monoisotopic (exact) mass is 381 g/mol. The second-order valence-electron chi connectivity index (χ2n) is 6.46. The molecule has 1 fully saturated rings. The minimum Gasteiger partial charge on any atom is -0.497 e. The highest BCUT2D eigenvalue weighted by molar-refractivity contribution is 7.99. The molecule has 2 atom stereocenters. The van der Waals surface area contributed by atoms with Gasteiger partial charge >= 0.3 is 0 Å². The van der Waals surface area contributed by atoms with Crippen LogP contribution in [0.3, 0.4) is 0 Å². The average molecular weight is 382 g/mol. The molecule has 0 aromatic heterocycles. The van der Waals surface area contributed by atoms with Crippen LogP contribution in [0.2, 0.25) is 0 Å². The van der Waals surface area contributed by atoms with Gasteiger partial charge in [-0.05, 0) is 73.8 Å². The smallest absolute Gasteiger partial charge is 0.123 e. The van der Waals surface area contributed by atoms with Gasteiger partial charge in [0.05, 0.1) is 7.11 Å². The van der Waals surface area contributed by atoms with Crippen molar-refractivity contribution in [3.05, 3.63) is 59.9 Å². The minimum atomic E-state index is -0.157. The molecule has 5 heteroatoms. The molecule has 1 saturated heterocycles. The van der Waals surface area contributed by atoms with Crippen molar-refractivity contribution in [2.75, 3.05) is 33.0 Å². The maximum absolute atomic E-state index is 13.2. The molecule has 25 heavy (non-hydrogen) atoms. The van der Waals surface area contributed by atoms with Gasteiger partial charge in [0.2, 0.25) is 0 Å². The van der Waals surface area contributed by atoms with E-state index < -0.39 is 0 Å². The fourth-order valence-corrected chi connectivity index (χ4v) is 4.48. The van der Waals surface area contributed by atoms with Crippen molar-refractivity contribution in [3.63, 3.8) is 0 Å². The number of piperidine rings is 1. The van der Waals surface area contributed by atoms with Crippen molar-refractivity contribution in [2.24, 2.45) is 5.92 Å². The molecular weight excluding hydrogens is 357 g/mol. The third-order valence-electron chi connectivity index (χ3n) is 4.76. The van der Waals surface area contributed by atoms with Gasteiger partial charge in [0.1, 0.15) is 11.6 Å². The van der Waals surface area contributed by atoms with E-state index in [2.05, 4.69) is 24.1 Å². The van der Waals surface area contributed by atoms with Crippen molar-refractivity contribution in [1.29, 1.82) is 0 Å². The van der Waals surface area contributed by atoms with Crippen molar-refractivity contribution in [1.82, 2.24) is 4.90 Å². The first-order valence-corrected chi connectivity index (χ1v) is 9.35. The van der Waals surface area contributed by atoms with Gasteiger partial charge in [-0.2, -0.15) is 0 Å². The van der Waals surface area contributed by atoms with Crippen LogP contribution in [0.4, 0.5) is 4.39 Å². The lowest BCUT2D eigenvalue weighted by atomic mass is 9.81. The molecule has 0 aliphatic carbocycles. The van der Waals surface area contributed by atoms with Crippen LogP contribution in [0.15, 0.2) is 53.4 Å². The number of benzene rings is 2. The quantitative estimate of drug-likeness (QED) is 0.670. The van der Waals surface area contributed by atoms with E-state index in [-0.39, 0.29) is 18.2 Å². The molecule has 1 aliphatic rings. The molecule has 0 amide bonds. The molecule has 3 rings (SSSR count). The Morgan fingerprint density at radius 1 is 1.12 bits per heavy atom. The molecule has 1 heterocycles. The van der Waals surface area contributed by atoms with Crippen molar-refractivity contribution in [2.45, 2.75) is 17.2 Å². The van der Waals surface area contributed by atoms with Crippen LogP contribution < -0.4 is 4.74 Å². The lowest BCUT2D eigenvalue weighted by molar-refractivity contribution is 0.198. The van der Waals surface area contributed by atoms with Crippen molar-refractivity contribution >= 4 is 24.2 Å². The van der Waals surface area contributed by atoms with Gasteiger partial charge in [-0.25, -0.2) is 4.39 Å². The maximum atomic E-state index is 13.2. The van der Waals surface area contributed by atoms with Crippen LogP contribution in [0, 0.1) is 11.7 Å². The van der Waals surface area contributed by atoms with Gasteiger partial charge in [-0.3, -0.25) is 0 Å². The van der Waals surface area contributed by atoms with Crippen LogP contribution in [-0.2, 0) is 0 Å². The van der Waals surface area contributed by atoms with Gasteiger partial charge < -0.3 is 9.64 Å². The van der Waals surface area contributed by atoms with E-state index in [9.17, 15) is 4.39 Å². The van der Waals surface area contributed by atoms with Gasteiger partial charge in [0.15, 0.2) is 0 Å². The molecule has 0 radical (unpaired) electrons. The Bertz CT molecular complexity index is 650. The number of halogens is 2. The zero-order valence-electron chi connectivity index (χ0n) is 14.7. The first kappa shape index (κ1) is 20.1. The number of hydrogen-bond acceptors (Lipinski definition) is 3. The fraction of sp³-hybridized carbons (Fsp3) is 0.400. The largest absolute Gasteiger partial charge is 0.497 e. The first-order chi connectivity index (χ1) is 11.7. The number of ether oxygens (including phenoxy) is 1. The van der Waals surface area contributed by atoms with Crippen LogP contribution in [-0.4, -0.2) is 37.9 Å². The highest BCUT2D eigenvalue weighted by Crippen LogP contribution is 2.36. The molecule has 0 saturated carbocycles. The summed E-state index contributed by atoms with van der Waals surface area (Å²) in [5, 5.41) is 0. The first-order valence-electron chi connectivity index (χ1n) is 8.36. The zero-order valence-corrected chi connectivity index (χ0v) is 16.3. The Balaban J connectivity index is 0.00000225. The molecule has 1 aliphatic heterocycles. The number of thioether (sulfide) groups is 1. The van der Waals surface area contributed by atoms with E-state index in [0.29, 0.717) is 11.8 Å². The SMILES string of the molecule is COc1ccc(SCC2CN(C)CCC2c2ccc(F)cc2)cc1.Cl. The fourth-order valence-electron chi connectivity index (χ4n) is 3.41. The van der Waals surface area contributed by atoms with Gasteiger partial charge in [0.25, 0.3) is 0 Å². The van der Waals surface area contributed by atoms with E-state index >= 15 is 0 Å². The topological polar surface area (TPSA) is 12.5 Å². The van der Waals surface area contributed by atoms with Gasteiger partial charge in [0, 0.05) is 17.2 Å². The van der Waals surface area contributed by atoms with Crippen LogP contribution in [0.25, 0.3) is 0 Å². The Kier molecular flexibility index (Phi) is 7.60. The van der Waals surface area contributed by atoms with Gasteiger partial charge in [-0.15, -0.1) is 24.2 Å². The summed E-state index contributed by atoms with van der Waals surface area (Å²) in [6.45, 7) is 2.19. The number of nitrogens with zero attached hydrogens (tertiary/aromatic N) is 1. The molecule has 0 spiro atoms. The van der Waals surface area contributed by atoms with E-state index in [4.69, 9.17) is 4.74 Å². The molecule has 0 N–H and O–H groups in total. The molecule has 2 unspecified atom stereocenters. The molecule has 2 aromatic carbocycles. The van der Waals surface area contributed by atoms with Crippen LogP contribution in [0.1, 0.15) is 17.9 Å². The zero-order chi connectivity index (χ0) is 16.9. The Morgan fingerprint density at radius 3 is 2.44 bits per heavy atom. The Hall–Kier alpha value is -1.23. The van der Waals surface area contributed by atoms with Crippen molar-refractivity contribution in [3.8, 4) is 5.75 Å². The minimum absolute atomic E-state index is 0. The number of methoxy groups -OCH3 is 1. The summed E-state index contributed by atoms with van der Waals surface area (Å²) in [7, 11) is 3.87. The highest BCUT2D eigenvalue weighted by Gasteiger charge is 2.29. The summed E-state index contributed by atoms with van der Waals surface area (Å²) < 4.78 is 18.4. The third-order valence-corrected chi connectivity index (χ3v) is 5.96. The highest BCUT2D eigenvalue weighted by atomic mass is 35.5. The summed E-state index contributed by atoms with van der Waals surface area (Å²) in [6, 6.07) is 15.3. The normalized spacial score (nSPS) is 20.8. The summed E-state index contributed by atoms with van der Waals surface area (Å²) in [4.78, 5) is 3.67. The van der Waals surface area contributed by atoms with E-state index in [0.717, 1.165) is 31.0 Å². The van der Waals surface area contributed by atoms with Crippen molar-refractivity contribution < 1.29 is 9.13 Å². The predicted molar refractivity (Wildman–Crippen MR) is 106 cm³/mol. The Morgan fingerprint density at radius 2 is 1.80 bits per heavy atom.